The molecule has 154 valence electrons. The van der Waals surface area contributed by atoms with E-state index in [4.69, 9.17) is 20.3 Å². The lowest BCUT2D eigenvalue weighted by Gasteiger charge is -2.30. The van der Waals surface area contributed by atoms with Gasteiger partial charge in [0.1, 0.15) is 0 Å². The van der Waals surface area contributed by atoms with Crippen LogP contribution in [0.15, 0.2) is 18.2 Å². The van der Waals surface area contributed by atoms with Crippen LogP contribution in [0, 0.1) is 5.92 Å². The van der Waals surface area contributed by atoms with E-state index in [9.17, 15) is 14.4 Å². The van der Waals surface area contributed by atoms with Crippen molar-refractivity contribution in [1.29, 1.82) is 0 Å². The summed E-state index contributed by atoms with van der Waals surface area (Å²) in [6.45, 7) is 1.61. The third kappa shape index (κ3) is 6.44. The number of carboxylic acids is 1. The highest BCUT2D eigenvalue weighted by molar-refractivity contribution is 5.95. The first-order chi connectivity index (χ1) is 13.4. The number of rotatable bonds is 10. The minimum absolute atomic E-state index is 0.106. The summed E-state index contributed by atoms with van der Waals surface area (Å²) in [6, 6.07) is 4.26. The first kappa shape index (κ1) is 21.5. The van der Waals surface area contributed by atoms with Gasteiger partial charge in [0.2, 0.25) is 5.91 Å². The number of primary amides is 1. The van der Waals surface area contributed by atoms with Gasteiger partial charge >= 0.3 is 5.97 Å². The maximum absolute atomic E-state index is 12.8. The van der Waals surface area contributed by atoms with Crippen molar-refractivity contribution in [3.8, 4) is 11.5 Å². The standard InChI is InChI=1S/C20H28N2O6/c1-2-27-17-10-14(8-9-16(17)28-12-19(24)25)20(26)22-15(11-18(21)23)13-6-4-3-5-7-13/h8-10,13,15H,2-7,11-12H2,1H3,(H2,21,23)(H,22,26)(H,24,25). The number of nitrogens with one attached hydrogen (secondary N) is 1. The van der Waals surface area contributed by atoms with Gasteiger partial charge in [-0.2, -0.15) is 0 Å². The van der Waals surface area contributed by atoms with E-state index in [1.54, 1.807) is 6.92 Å². The molecule has 1 fully saturated rings. The Hall–Kier alpha value is -2.77. The summed E-state index contributed by atoms with van der Waals surface area (Å²) in [5, 5.41) is 11.7. The van der Waals surface area contributed by atoms with E-state index in [1.165, 1.54) is 24.6 Å². The van der Waals surface area contributed by atoms with E-state index in [-0.39, 0.29) is 30.0 Å². The van der Waals surface area contributed by atoms with Crippen LogP contribution in [-0.4, -0.2) is 42.1 Å². The van der Waals surface area contributed by atoms with Crippen molar-refractivity contribution in [2.24, 2.45) is 11.7 Å². The van der Waals surface area contributed by atoms with Crippen molar-refractivity contribution in [2.75, 3.05) is 13.2 Å². The zero-order valence-corrected chi connectivity index (χ0v) is 16.1. The molecule has 0 saturated heterocycles. The van der Waals surface area contributed by atoms with Crippen LogP contribution in [0.1, 0.15) is 55.8 Å². The van der Waals surface area contributed by atoms with Gasteiger partial charge in [0, 0.05) is 18.0 Å². The topological polar surface area (TPSA) is 128 Å². The Morgan fingerprint density at radius 2 is 1.89 bits per heavy atom. The average Bonchev–Trinajstić information content (AvgIpc) is 2.67. The number of carboxylic acid groups (broad SMARTS) is 1. The van der Waals surface area contributed by atoms with Crippen molar-refractivity contribution in [1.82, 2.24) is 5.32 Å². The fourth-order valence-corrected chi connectivity index (χ4v) is 3.52. The summed E-state index contributed by atoms with van der Waals surface area (Å²) < 4.78 is 10.7. The summed E-state index contributed by atoms with van der Waals surface area (Å²) in [7, 11) is 0. The third-order valence-electron chi connectivity index (χ3n) is 4.81. The SMILES string of the molecule is CCOc1cc(C(=O)NC(CC(N)=O)C2CCCCC2)ccc1OCC(=O)O. The highest BCUT2D eigenvalue weighted by atomic mass is 16.5. The summed E-state index contributed by atoms with van der Waals surface area (Å²) in [5.41, 5.74) is 5.72. The average molecular weight is 392 g/mol. The Morgan fingerprint density at radius 1 is 1.18 bits per heavy atom. The fraction of sp³-hybridized carbons (Fsp3) is 0.550. The molecule has 1 atom stereocenters. The molecule has 0 aliphatic heterocycles. The molecular formula is C20H28N2O6. The smallest absolute Gasteiger partial charge is 0.341 e. The first-order valence-electron chi connectivity index (χ1n) is 9.61. The fourth-order valence-electron chi connectivity index (χ4n) is 3.52. The summed E-state index contributed by atoms with van der Waals surface area (Å²) in [5.74, 6) is -1.10. The van der Waals surface area contributed by atoms with Gasteiger partial charge in [0.15, 0.2) is 18.1 Å². The van der Waals surface area contributed by atoms with Crippen LogP contribution < -0.4 is 20.5 Å². The Balaban J connectivity index is 2.14. The lowest BCUT2D eigenvalue weighted by Crippen LogP contribution is -2.43. The van der Waals surface area contributed by atoms with Crippen LogP contribution in [0.4, 0.5) is 0 Å². The van der Waals surface area contributed by atoms with Crippen LogP contribution in [-0.2, 0) is 9.59 Å². The van der Waals surface area contributed by atoms with Crippen LogP contribution >= 0.6 is 0 Å². The largest absolute Gasteiger partial charge is 0.490 e. The van der Waals surface area contributed by atoms with Crippen LogP contribution in [0.3, 0.4) is 0 Å². The maximum Gasteiger partial charge on any atom is 0.341 e. The molecule has 1 aromatic rings. The zero-order valence-electron chi connectivity index (χ0n) is 16.1. The van der Waals surface area contributed by atoms with Gasteiger partial charge in [-0.1, -0.05) is 19.3 Å². The van der Waals surface area contributed by atoms with Crippen LogP contribution in [0.5, 0.6) is 11.5 Å². The summed E-state index contributed by atoms with van der Waals surface area (Å²) in [4.78, 5) is 34.9. The second kappa shape index (κ2) is 10.5. The minimum atomic E-state index is -1.11. The Morgan fingerprint density at radius 3 is 2.50 bits per heavy atom. The van der Waals surface area contributed by atoms with E-state index in [1.807, 2.05) is 0 Å². The van der Waals surface area contributed by atoms with E-state index in [0.717, 1.165) is 25.7 Å². The minimum Gasteiger partial charge on any atom is -0.490 e. The lowest BCUT2D eigenvalue weighted by atomic mass is 9.82. The Bertz CT molecular complexity index is 700. The van der Waals surface area contributed by atoms with E-state index in [2.05, 4.69) is 5.32 Å². The summed E-state index contributed by atoms with van der Waals surface area (Å²) in [6.07, 6.45) is 5.37. The highest BCUT2D eigenvalue weighted by Gasteiger charge is 2.27. The van der Waals surface area contributed by atoms with Gasteiger partial charge in [0.25, 0.3) is 5.91 Å². The maximum atomic E-state index is 12.8. The molecule has 1 unspecified atom stereocenters. The Labute approximate surface area is 164 Å². The van der Waals surface area contributed by atoms with E-state index >= 15 is 0 Å². The monoisotopic (exact) mass is 392 g/mol. The van der Waals surface area contributed by atoms with Crippen molar-refractivity contribution in [2.45, 2.75) is 51.5 Å². The molecule has 8 nitrogen and oxygen atoms in total. The first-order valence-corrected chi connectivity index (χ1v) is 9.61. The number of amides is 2. The van der Waals surface area contributed by atoms with Gasteiger partial charge in [-0.3, -0.25) is 9.59 Å². The molecule has 0 bridgehead atoms. The molecule has 0 heterocycles. The van der Waals surface area contributed by atoms with E-state index in [0.29, 0.717) is 17.9 Å². The number of nitrogens with two attached hydrogens (primary N) is 1. The number of hydrogen-bond donors (Lipinski definition) is 3. The number of benzene rings is 1. The molecular weight excluding hydrogens is 364 g/mol. The molecule has 28 heavy (non-hydrogen) atoms. The van der Waals surface area contributed by atoms with Gasteiger partial charge in [-0.05, 0) is 43.9 Å². The number of carbonyl (C=O) groups excluding carboxylic acids is 2. The Kier molecular flexibility index (Phi) is 8.10. The molecule has 1 saturated carbocycles. The quantitative estimate of drug-likeness (QED) is 0.559. The molecule has 1 aliphatic carbocycles. The molecule has 0 aromatic heterocycles. The van der Waals surface area contributed by atoms with Crippen molar-refractivity contribution in [3.05, 3.63) is 23.8 Å². The molecule has 2 rings (SSSR count). The normalized spacial score (nSPS) is 15.5. The molecule has 1 aliphatic rings. The zero-order chi connectivity index (χ0) is 20.5. The molecule has 2 amide bonds. The van der Waals surface area contributed by atoms with Crippen LogP contribution in [0.2, 0.25) is 0 Å². The van der Waals surface area contributed by atoms with Gasteiger partial charge in [0.05, 0.1) is 6.61 Å². The van der Waals surface area contributed by atoms with Crippen molar-refractivity contribution < 1.29 is 29.0 Å². The number of carbonyl (C=O) groups is 3. The molecule has 4 N–H and O–H groups in total. The van der Waals surface area contributed by atoms with Gasteiger partial charge < -0.3 is 25.6 Å². The van der Waals surface area contributed by atoms with Gasteiger partial charge in [-0.15, -0.1) is 0 Å². The van der Waals surface area contributed by atoms with Crippen LogP contribution in [0.25, 0.3) is 0 Å². The van der Waals surface area contributed by atoms with Crippen molar-refractivity contribution in [3.63, 3.8) is 0 Å². The number of hydrogen-bond acceptors (Lipinski definition) is 5. The molecule has 8 heteroatoms. The van der Waals surface area contributed by atoms with Crippen molar-refractivity contribution >= 4 is 17.8 Å². The third-order valence-corrected chi connectivity index (χ3v) is 4.81. The summed E-state index contributed by atoms with van der Waals surface area (Å²) >= 11 is 0. The highest BCUT2D eigenvalue weighted by Crippen LogP contribution is 2.30. The number of ether oxygens (including phenoxy) is 2. The predicted molar refractivity (Wildman–Crippen MR) is 102 cm³/mol. The second-order valence-corrected chi connectivity index (χ2v) is 6.93. The number of aliphatic carboxylic acids is 1. The van der Waals surface area contributed by atoms with E-state index < -0.39 is 18.5 Å². The lowest BCUT2D eigenvalue weighted by molar-refractivity contribution is -0.139. The van der Waals surface area contributed by atoms with Gasteiger partial charge in [-0.25, -0.2) is 4.79 Å². The molecule has 0 spiro atoms. The second-order valence-electron chi connectivity index (χ2n) is 6.93. The predicted octanol–water partition coefficient (Wildman–Crippen LogP) is 2.10. The molecule has 1 aromatic carbocycles. The molecule has 0 radical (unpaired) electrons.